The summed E-state index contributed by atoms with van der Waals surface area (Å²) >= 11 is 0. The van der Waals surface area contributed by atoms with E-state index in [-0.39, 0.29) is 23.9 Å². The van der Waals surface area contributed by atoms with E-state index in [2.05, 4.69) is 4.98 Å². The average Bonchev–Trinajstić information content (AvgIpc) is 3.63. The standard InChI is InChI=1S/C32H35F2NO5/c1-31(2,3)29(39-5)22-13-18(8-10-20(22)21-14-26(38-4)35-16-24(21)33)17-40-25-11-9-19-7-6-12-32(27(19)28(25)34)15-23(32)30(36)37/h8-11,13-14,16,23,29H,6-7,12,15,17H2,1-5H3,(H,36,37). The Balaban J connectivity index is 1.49. The number of methoxy groups -OCH3 is 2. The quantitative estimate of drug-likeness (QED) is 0.324. The number of pyridine rings is 1. The first-order chi connectivity index (χ1) is 19.0. The molecule has 2 aliphatic rings. The minimum atomic E-state index is -0.874. The first-order valence-electron chi connectivity index (χ1n) is 13.5. The second-order valence-electron chi connectivity index (χ2n) is 11.9. The molecule has 0 aliphatic heterocycles. The number of nitrogens with zero attached hydrogens (tertiary/aromatic N) is 1. The topological polar surface area (TPSA) is 77.9 Å². The molecule has 8 heteroatoms. The Labute approximate surface area is 233 Å². The molecule has 1 heterocycles. The number of fused-ring (bicyclic) bond motifs is 2. The molecule has 40 heavy (non-hydrogen) atoms. The van der Waals surface area contributed by atoms with Crippen LogP contribution in [0.2, 0.25) is 0 Å². The lowest BCUT2D eigenvalue weighted by molar-refractivity contribution is -0.139. The van der Waals surface area contributed by atoms with Gasteiger partial charge >= 0.3 is 5.97 Å². The van der Waals surface area contributed by atoms with E-state index in [1.807, 2.05) is 45.0 Å². The van der Waals surface area contributed by atoms with E-state index >= 15 is 4.39 Å². The summed E-state index contributed by atoms with van der Waals surface area (Å²) in [4.78, 5) is 15.7. The van der Waals surface area contributed by atoms with Crippen LogP contribution in [0.4, 0.5) is 8.78 Å². The van der Waals surface area contributed by atoms with Crippen molar-refractivity contribution in [3.8, 4) is 22.8 Å². The number of aryl methyl sites for hydroxylation is 1. The molecule has 1 saturated carbocycles. The van der Waals surface area contributed by atoms with E-state index in [1.54, 1.807) is 19.2 Å². The van der Waals surface area contributed by atoms with E-state index in [9.17, 15) is 14.3 Å². The van der Waals surface area contributed by atoms with Crippen LogP contribution in [0.1, 0.15) is 68.4 Å². The first kappa shape index (κ1) is 28.0. The van der Waals surface area contributed by atoms with Crippen LogP contribution in [0.15, 0.2) is 42.6 Å². The molecule has 0 radical (unpaired) electrons. The van der Waals surface area contributed by atoms with Gasteiger partial charge in [0, 0.05) is 29.7 Å². The number of carboxylic acid groups (broad SMARTS) is 1. The maximum absolute atomic E-state index is 15.9. The SMILES string of the molecule is COc1cc(-c2ccc(COc3ccc4c(c3F)C3(CCC4)CC3C(=O)O)cc2C(OC)C(C)(C)C)c(F)cn1. The van der Waals surface area contributed by atoms with Crippen LogP contribution in [-0.2, 0) is 28.0 Å². The summed E-state index contributed by atoms with van der Waals surface area (Å²) in [6.07, 6.45) is 3.46. The second kappa shape index (κ2) is 10.5. The molecule has 2 aliphatic carbocycles. The Morgan fingerprint density at radius 3 is 2.58 bits per heavy atom. The van der Waals surface area contributed by atoms with Gasteiger partial charge in [0.25, 0.3) is 0 Å². The van der Waals surface area contributed by atoms with E-state index < -0.39 is 28.9 Å². The van der Waals surface area contributed by atoms with Gasteiger partial charge in [-0.15, -0.1) is 0 Å². The van der Waals surface area contributed by atoms with E-state index in [0.717, 1.165) is 35.7 Å². The number of hydrogen-bond acceptors (Lipinski definition) is 5. The van der Waals surface area contributed by atoms with Gasteiger partial charge < -0.3 is 19.3 Å². The van der Waals surface area contributed by atoms with Gasteiger partial charge in [-0.1, -0.05) is 39.0 Å². The highest BCUT2D eigenvalue weighted by atomic mass is 19.1. The molecule has 0 saturated heterocycles. The van der Waals surface area contributed by atoms with Gasteiger partial charge in [0.1, 0.15) is 12.4 Å². The molecule has 3 unspecified atom stereocenters. The lowest BCUT2D eigenvalue weighted by Gasteiger charge is -2.32. The van der Waals surface area contributed by atoms with Crippen LogP contribution >= 0.6 is 0 Å². The molecule has 0 amide bonds. The van der Waals surface area contributed by atoms with Crippen LogP contribution in [0.5, 0.6) is 11.6 Å². The molecular formula is C32H35F2NO5. The van der Waals surface area contributed by atoms with Gasteiger partial charge in [0.05, 0.1) is 25.3 Å². The number of halogens is 2. The molecule has 2 aromatic carbocycles. The van der Waals surface area contributed by atoms with Crippen molar-refractivity contribution in [3.63, 3.8) is 0 Å². The number of ether oxygens (including phenoxy) is 3. The molecule has 1 N–H and O–H groups in total. The van der Waals surface area contributed by atoms with Crippen molar-refractivity contribution >= 4 is 5.97 Å². The number of aromatic nitrogens is 1. The predicted molar refractivity (Wildman–Crippen MR) is 146 cm³/mol. The van der Waals surface area contributed by atoms with Crippen LogP contribution in [-0.4, -0.2) is 30.3 Å². The normalized spacial score (nSPS) is 20.6. The van der Waals surface area contributed by atoms with Gasteiger partial charge in [-0.25, -0.2) is 13.8 Å². The second-order valence-corrected chi connectivity index (χ2v) is 11.9. The Morgan fingerprint density at radius 2 is 1.93 bits per heavy atom. The predicted octanol–water partition coefficient (Wildman–Crippen LogP) is 7.03. The van der Waals surface area contributed by atoms with Gasteiger partial charge in [0.2, 0.25) is 5.88 Å². The summed E-state index contributed by atoms with van der Waals surface area (Å²) in [5.74, 6) is -1.98. The van der Waals surface area contributed by atoms with Crippen molar-refractivity contribution in [2.45, 2.75) is 64.6 Å². The smallest absolute Gasteiger partial charge is 0.307 e. The lowest BCUT2D eigenvalue weighted by atomic mass is 9.78. The molecule has 1 aromatic heterocycles. The fraction of sp³-hybridized carbons (Fsp3) is 0.438. The van der Waals surface area contributed by atoms with Crippen molar-refractivity contribution < 1.29 is 32.9 Å². The molecule has 3 aromatic rings. The van der Waals surface area contributed by atoms with Crippen molar-refractivity contribution in [3.05, 3.63) is 76.5 Å². The van der Waals surface area contributed by atoms with Crippen LogP contribution in [0.3, 0.4) is 0 Å². The number of aliphatic carboxylic acids is 1. The van der Waals surface area contributed by atoms with Crippen LogP contribution in [0.25, 0.3) is 11.1 Å². The van der Waals surface area contributed by atoms with Gasteiger partial charge in [-0.3, -0.25) is 4.79 Å². The third-order valence-electron chi connectivity index (χ3n) is 8.28. The summed E-state index contributed by atoms with van der Waals surface area (Å²) in [5, 5.41) is 9.61. The van der Waals surface area contributed by atoms with Crippen molar-refractivity contribution in [2.24, 2.45) is 11.3 Å². The zero-order chi connectivity index (χ0) is 28.8. The molecule has 3 atom stereocenters. The van der Waals surface area contributed by atoms with Gasteiger partial charge in [0.15, 0.2) is 11.6 Å². The fourth-order valence-electron chi connectivity index (χ4n) is 6.37. The van der Waals surface area contributed by atoms with Gasteiger partial charge in [-0.2, -0.15) is 0 Å². The Kier molecular flexibility index (Phi) is 7.33. The van der Waals surface area contributed by atoms with E-state index in [4.69, 9.17) is 14.2 Å². The third-order valence-corrected chi connectivity index (χ3v) is 8.28. The maximum Gasteiger partial charge on any atom is 0.307 e. The van der Waals surface area contributed by atoms with E-state index in [1.165, 1.54) is 7.11 Å². The van der Waals surface area contributed by atoms with E-state index in [0.29, 0.717) is 35.4 Å². The zero-order valence-corrected chi connectivity index (χ0v) is 23.5. The maximum atomic E-state index is 15.9. The Morgan fingerprint density at radius 1 is 1.15 bits per heavy atom. The number of hydrogen-bond donors (Lipinski definition) is 1. The molecule has 212 valence electrons. The summed E-state index contributed by atoms with van der Waals surface area (Å²) in [6, 6.07) is 10.6. The average molecular weight is 552 g/mol. The summed E-state index contributed by atoms with van der Waals surface area (Å²) in [6.45, 7) is 6.19. The largest absolute Gasteiger partial charge is 0.486 e. The number of carbonyl (C=O) groups is 1. The fourth-order valence-corrected chi connectivity index (χ4v) is 6.37. The summed E-state index contributed by atoms with van der Waals surface area (Å²) in [7, 11) is 3.10. The zero-order valence-electron chi connectivity index (χ0n) is 23.5. The lowest BCUT2D eigenvalue weighted by Crippen LogP contribution is -2.23. The summed E-state index contributed by atoms with van der Waals surface area (Å²) < 4.78 is 47.9. The third kappa shape index (κ3) is 4.94. The number of benzene rings is 2. The minimum absolute atomic E-state index is 0.0705. The Bertz CT molecular complexity index is 1450. The molecular weight excluding hydrogens is 516 g/mol. The molecule has 1 fully saturated rings. The highest BCUT2D eigenvalue weighted by Crippen LogP contribution is 2.61. The van der Waals surface area contributed by atoms with Crippen molar-refractivity contribution in [2.75, 3.05) is 14.2 Å². The van der Waals surface area contributed by atoms with Gasteiger partial charge in [-0.05, 0) is 65.5 Å². The monoisotopic (exact) mass is 551 g/mol. The number of carboxylic acids is 1. The molecule has 6 nitrogen and oxygen atoms in total. The highest BCUT2D eigenvalue weighted by molar-refractivity contribution is 5.78. The molecule has 0 bridgehead atoms. The van der Waals surface area contributed by atoms with Crippen molar-refractivity contribution in [1.82, 2.24) is 4.98 Å². The first-order valence-corrected chi connectivity index (χ1v) is 13.5. The molecule has 5 rings (SSSR count). The van der Waals surface area contributed by atoms with Crippen molar-refractivity contribution in [1.29, 1.82) is 0 Å². The van der Waals surface area contributed by atoms with Crippen LogP contribution < -0.4 is 9.47 Å². The molecule has 1 spiro atoms. The Hall–Kier alpha value is -3.52. The minimum Gasteiger partial charge on any atom is -0.486 e. The highest BCUT2D eigenvalue weighted by Gasteiger charge is 2.62. The summed E-state index contributed by atoms with van der Waals surface area (Å²) in [5.41, 5.74) is 2.92. The number of rotatable bonds is 8. The van der Waals surface area contributed by atoms with Crippen LogP contribution in [0, 0.1) is 23.0 Å².